The standard InChI is InChI=1S/C22H28N2O4S/c1-16(2)8-13-28-18-7-6-17(15-19(18)27-3)21(25)23-9-11-24(12-10-23)22(26)20-5-4-14-29-20/h4-7,14-16H,8-13H2,1-3H3. The molecule has 0 saturated carbocycles. The molecule has 1 aliphatic rings. The van der Waals surface area contributed by atoms with Crippen LogP contribution in [0.2, 0.25) is 0 Å². The summed E-state index contributed by atoms with van der Waals surface area (Å²) in [7, 11) is 1.58. The van der Waals surface area contributed by atoms with E-state index in [9.17, 15) is 9.59 Å². The fourth-order valence-corrected chi connectivity index (χ4v) is 3.87. The molecule has 1 aromatic heterocycles. The van der Waals surface area contributed by atoms with Crippen molar-refractivity contribution in [2.24, 2.45) is 5.92 Å². The summed E-state index contributed by atoms with van der Waals surface area (Å²) >= 11 is 1.44. The minimum absolute atomic E-state index is 0.0386. The number of hydrogen-bond acceptors (Lipinski definition) is 5. The van der Waals surface area contributed by atoms with Crippen molar-refractivity contribution < 1.29 is 19.1 Å². The van der Waals surface area contributed by atoms with Crippen molar-refractivity contribution in [1.82, 2.24) is 9.80 Å². The van der Waals surface area contributed by atoms with E-state index in [1.54, 1.807) is 30.2 Å². The number of rotatable bonds is 7. The van der Waals surface area contributed by atoms with Crippen LogP contribution in [0.1, 0.15) is 40.3 Å². The third kappa shape index (κ3) is 5.29. The third-order valence-corrected chi connectivity index (χ3v) is 5.81. The van der Waals surface area contributed by atoms with Crippen LogP contribution in [0.4, 0.5) is 0 Å². The van der Waals surface area contributed by atoms with E-state index in [4.69, 9.17) is 9.47 Å². The van der Waals surface area contributed by atoms with Crippen molar-refractivity contribution in [3.05, 3.63) is 46.2 Å². The van der Waals surface area contributed by atoms with Crippen LogP contribution in [0.3, 0.4) is 0 Å². The molecule has 3 rings (SSSR count). The molecule has 6 nitrogen and oxygen atoms in total. The van der Waals surface area contributed by atoms with Gasteiger partial charge in [-0.3, -0.25) is 9.59 Å². The Kier molecular flexibility index (Phi) is 7.14. The highest BCUT2D eigenvalue weighted by Crippen LogP contribution is 2.29. The van der Waals surface area contributed by atoms with Crippen LogP contribution < -0.4 is 9.47 Å². The van der Waals surface area contributed by atoms with Gasteiger partial charge in [-0.1, -0.05) is 19.9 Å². The number of carbonyl (C=O) groups excluding carboxylic acids is 2. The molecule has 0 aliphatic carbocycles. The van der Waals surface area contributed by atoms with Crippen molar-refractivity contribution >= 4 is 23.2 Å². The van der Waals surface area contributed by atoms with Gasteiger partial charge in [0, 0.05) is 31.7 Å². The summed E-state index contributed by atoms with van der Waals surface area (Å²) in [6, 6.07) is 9.01. The average molecular weight is 417 g/mol. The first-order valence-electron chi connectivity index (χ1n) is 9.92. The van der Waals surface area contributed by atoms with Crippen LogP contribution in [0.15, 0.2) is 35.7 Å². The van der Waals surface area contributed by atoms with Gasteiger partial charge in [-0.2, -0.15) is 0 Å². The number of piperazine rings is 1. The van der Waals surface area contributed by atoms with Crippen molar-refractivity contribution in [2.45, 2.75) is 20.3 Å². The summed E-state index contributed by atoms with van der Waals surface area (Å²) in [4.78, 5) is 29.7. The Morgan fingerprint density at radius 3 is 2.31 bits per heavy atom. The Morgan fingerprint density at radius 2 is 1.72 bits per heavy atom. The second-order valence-electron chi connectivity index (χ2n) is 7.46. The zero-order chi connectivity index (χ0) is 20.8. The number of hydrogen-bond donors (Lipinski definition) is 0. The van der Waals surface area contributed by atoms with Crippen LogP contribution in [0, 0.1) is 5.92 Å². The molecule has 1 saturated heterocycles. The van der Waals surface area contributed by atoms with Crippen LogP contribution in [-0.4, -0.2) is 61.5 Å². The summed E-state index contributed by atoms with van der Waals surface area (Å²) in [6.07, 6.45) is 0.957. The van der Waals surface area contributed by atoms with Gasteiger partial charge in [-0.25, -0.2) is 0 Å². The van der Waals surface area contributed by atoms with Gasteiger partial charge in [0.2, 0.25) is 0 Å². The van der Waals surface area contributed by atoms with Crippen LogP contribution in [0.25, 0.3) is 0 Å². The maximum atomic E-state index is 12.9. The number of amides is 2. The molecule has 0 spiro atoms. The second kappa shape index (κ2) is 9.78. The Bertz CT molecular complexity index is 827. The molecule has 1 fully saturated rings. The highest BCUT2D eigenvalue weighted by Gasteiger charge is 2.26. The molecule has 29 heavy (non-hydrogen) atoms. The van der Waals surface area contributed by atoms with Crippen LogP contribution in [-0.2, 0) is 0 Å². The predicted octanol–water partition coefficient (Wildman–Crippen LogP) is 3.78. The number of ether oxygens (including phenoxy) is 2. The van der Waals surface area contributed by atoms with Crippen molar-refractivity contribution in [2.75, 3.05) is 39.9 Å². The van der Waals surface area contributed by atoms with Gasteiger partial charge in [0.15, 0.2) is 11.5 Å². The Balaban J connectivity index is 1.59. The van der Waals surface area contributed by atoms with E-state index >= 15 is 0 Å². The molecule has 0 N–H and O–H groups in total. The van der Waals surface area contributed by atoms with Gasteiger partial charge >= 0.3 is 0 Å². The lowest BCUT2D eigenvalue weighted by atomic mass is 10.1. The Labute approximate surface area is 176 Å². The fourth-order valence-electron chi connectivity index (χ4n) is 3.18. The van der Waals surface area contributed by atoms with Gasteiger partial charge in [-0.15, -0.1) is 11.3 Å². The first kappa shape index (κ1) is 21.2. The molecule has 2 amide bonds. The molecule has 1 aliphatic heterocycles. The third-order valence-electron chi connectivity index (χ3n) is 4.95. The highest BCUT2D eigenvalue weighted by molar-refractivity contribution is 7.12. The SMILES string of the molecule is COc1cc(C(=O)N2CCN(C(=O)c3cccs3)CC2)ccc1OCCC(C)C. The molecule has 1 aromatic carbocycles. The zero-order valence-corrected chi connectivity index (χ0v) is 18.0. The van der Waals surface area contributed by atoms with Gasteiger partial charge in [0.05, 0.1) is 18.6 Å². The quantitative estimate of drug-likeness (QED) is 0.689. The number of methoxy groups -OCH3 is 1. The molecule has 7 heteroatoms. The second-order valence-corrected chi connectivity index (χ2v) is 8.41. The molecule has 0 bridgehead atoms. The summed E-state index contributed by atoms with van der Waals surface area (Å²) in [6.45, 7) is 7.02. The van der Waals surface area contributed by atoms with Gasteiger partial charge < -0.3 is 19.3 Å². The number of carbonyl (C=O) groups is 2. The van der Waals surface area contributed by atoms with E-state index in [-0.39, 0.29) is 11.8 Å². The zero-order valence-electron chi connectivity index (χ0n) is 17.2. The summed E-state index contributed by atoms with van der Waals surface area (Å²) in [5, 5.41) is 1.90. The lowest BCUT2D eigenvalue weighted by Gasteiger charge is -2.34. The van der Waals surface area contributed by atoms with E-state index in [2.05, 4.69) is 13.8 Å². The van der Waals surface area contributed by atoms with E-state index in [1.807, 2.05) is 22.4 Å². The lowest BCUT2D eigenvalue weighted by molar-refractivity contribution is 0.0538. The maximum Gasteiger partial charge on any atom is 0.264 e. The maximum absolute atomic E-state index is 12.9. The number of thiophene rings is 1. The smallest absolute Gasteiger partial charge is 0.264 e. The Hall–Kier alpha value is -2.54. The molecule has 0 atom stereocenters. The van der Waals surface area contributed by atoms with E-state index in [0.29, 0.717) is 55.8 Å². The molecule has 156 valence electrons. The number of benzene rings is 1. The van der Waals surface area contributed by atoms with E-state index in [0.717, 1.165) is 11.3 Å². The minimum Gasteiger partial charge on any atom is -0.493 e. The normalized spacial score (nSPS) is 14.2. The summed E-state index contributed by atoms with van der Waals surface area (Å²) < 4.78 is 11.2. The topological polar surface area (TPSA) is 59.1 Å². The van der Waals surface area contributed by atoms with Crippen molar-refractivity contribution in [3.63, 3.8) is 0 Å². The van der Waals surface area contributed by atoms with Crippen LogP contribution >= 0.6 is 11.3 Å². The molecule has 0 unspecified atom stereocenters. The largest absolute Gasteiger partial charge is 0.493 e. The van der Waals surface area contributed by atoms with Crippen molar-refractivity contribution in [3.8, 4) is 11.5 Å². The van der Waals surface area contributed by atoms with Crippen LogP contribution in [0.5, 0.6) is 11.5 Å². The monoisotopic (exact) mass is 416 g/mol. The molecular formula is C22H28N2O4S. The molecule has 2 heterocycles. The molecule has 0 radical (unpaired) electrons. The minimum atomic E-state index is -0.0553. The average Bonchev–Trinajstić information content (AvgIpc) is 3.27. The van der Waals surface area contributed by atoms with Gasteiger partial charge in [0.1, 0.15) is 0 Å². The first-order chi connectivity index (χ1) is 14.0. The lowest BCUT2D eigenvalue weighted by Crippen LogP contribution is -2.50. The summed E-state index contributed by atoms with van der Waals surface area (Å²) in [5.41, 5.74) is 0.566. The molecule has 2 aromatic rings. The fraction of sp³-hybridized carbons (Fsp3) is 0.455. The van der Waals surface area contributed by atoms with Crippen molar-refractivity contribution in [1.29, 1.82) is 0 Å². The molecular weight excluding hydrogens is 388 g/mol. The number of nitrogens with zero attached hydrogens (tertiary/aromatic N) is 2. The summed E-state index contributed by atoms with van der Waals surface area (Å²) in [5.74, 6) is 1.76. The highest BCUT2D eigenvalue weighted by atomic mass is 32.1. The first-order valence-corrected chi connectivity index (χ1v) is 10.8. The van der Waals surface area contributed by atoms with E-state index in [1.165, 1.54) is 11.3 Å². The Morgan fingerprint density at radius 1 is 1.03 bits per heavy atom. The van der Waals surface area contributed by atoms with E-state index < -0.39 is 0 Å². The van der Waals surface area contributed by atoms with Gasteiger partial charge in [-0.05, 0) is 42.0 Å². The predicted molar refractivity (Wildman–Crippen MR) is 114 cm³/mol. The van der Waals surface area contributed by atoms with Gasteiger partial charge in [0.25, 0.3) is 11.8 Å².